The van der Waals surface area contributed by atoms with Crippen LogP contribution in [-0.4, -0.2) is 66.4 Å². The number of anilines is 2. The van der Waals surface area contributed by atoms with Crippen LogP contribution in [0.3, 0.4) is 0 Å². The summed E-state index contributed by atoms with van der Waals surface area (Å²) in [6.07, 6.45) is 4.62. The zero-order valence-electron chi connectivity index (χ0n) is 20.3. The molecule has 1 aliphatic carbocycles. The minimum atomic E-state index is -0.933. The minimum Gasteiger partial charge on any atom is -0.494 e. The number of hydrogen-bond acceptors (Lipinski definition) is 9. The van der Waals surface area contributed by atoms with Crippen molar-refractivity contribution in [2.24, 2.45) is 0 Å². The average molecular weight is 513 g/mol. The molecule has 2 aromatic heterocycles. The number of nitrogens with one attached hydrogen (secondary N) is 3. The van der Waals surface area contributed by atoms with E-state index in [1.165, 1.54) is 26.5 Å². The van der Waals surface area contributed by atoms with Gasteiger partial charge in [-0.1, -0.05) is 6.58 Å². The van der Waals surface area contributed by atoms with Gasteiger partial charge in [-0.15, -0.1) is 0 Å². The Bertz CT molecular complexity index is 1340. The highest BCUT2D eigenvalue weighted by Gasteiger charge is 2.30. The fourth-order valence-corrected chi connectivity index (χ4v) is 4.11. The molecule has 194 valence electrons. The predicted molar refractivity (Wildman–Crippen MR) is 133 cm³/mol. The number of carbonyl (C=O) groups excluding carboxylic acids is 1. The molecule has 2 fully saturated rings. The molecule has 1 saturated carbocycles. The Morgan fingerprint density at radius 2 is 1.78 bits per heavy atom. The van der Waals surface area contributed by atoms with E-state index >= 15 is 8.78 Å². The van der Waals surface area contributed by atoms with Crippen molar-refractivity contribution in [3.63, 3.8) is 0 Å². The van der Waals surface area contributed by atoms with Gasteiger partial charge >= 0.3 is 0 Å². The number of benzene rings is 1. The monoisotopic (exact) mass is 512 g/mol. The van der Waals surface area contributed by atoms with Crippen molar-refractivity contribution < 1.29 is 27.8 Å². The first-order valence-electron chi connectivity index (χ1n) is 11.7. The number of methoxy groups -OCH3 is 2. The van der Waals surface area contributed by atoms with Crippen molar-refractivity contribution in [1.29, 1.82) is 0 Å². The van der Waals surface area contributed by atoms with Crippen LogP contribution in [0.2, 0.25) is 0 Å². The molecule has 1 saturated heterocycles. The van der Waals surface area contributed by atoms with E-state index in [1.807, 2.05) is 0 Å². The van der Waals surface area contributed by atoms with Crippen LogP contribution in [0.15, 0.2) is 31.0 Å². The maximum Gasteiger partial charge on any atom is 0.243 e. The minimum absolute atomic E-state index is 0.165. The van der Waals surface area contributed by atoms with Gasteiger partial charge in [0.25, 0.3) is 0 Å². The van der Waals surface area contributed by atoms with Gasteiger partial charge in [-0.05, 0) is 25.0 Å². The molecule has 37 heavy (non-hydrogen) atoms. The first-order valence-corrected chi connectivity index (χ1v) is 11.7. The summed E-state index contributed by atoms with van der Waals surface area (Å²) in [5, 5.41) is 10.1. The van der Waals surface area contributed by atoms with E-state index in [4.69, 9.17) is 14.2 Å². The number of nitrogens with zero attached hydrogens (tertiary/aromatic N) is 3. The summed E-state index contributed by atoms with van der Waals surface area (Å²) in [6, 6.07) is 2.61. The first kappa shape index (κ1) is 24.6. The quantitative estimate of drug-likeness (QED) is 0.372. The number of hydrogen-bond donors (Lipinski definition) is 3. The topological polar surface area (TPSA) is 120 Å². The van der Waals surface area contributed by atoms with E-state index in [0.29, 0.717) is 35.8 Å². The molecule has 1 aliphatic heterocycles. The van der Waals surface area contributed by atoms with E-state index in [2.05, 4.69) is 37.5 Å². The highest BCUT2D eigenvalue weighted by atomic mass is 19.1. The molecule has 0 spiro atoms. The van der Waals surface area contributed by atoms with Crippen molar-refractivity contribution in [2.75, 3.05) is 38.1 Å². The second kappa shape index (κ2) is 10.1. The standard InChI is InChI=1S/C25H26F2N6O4/c1-4-20(34)31-16-11-37-10-15(16)30-19-7-13-14(9-28-19)32-25(33-24(13)29-12-5-6-12)21-22(26)17(35-2)8-18(36-3)23(21)27/h4,7-9,12,15-16H,1,5-6,10-11H2,2-3H3,(H,28,30)(H,31,34)(H,29,32,33)/t15-,16+/m1/s1. The molecular formula is C25H26F2N6O4. The van der Waals surface area contributed by atoms with Crippen molar-refractivity contribution in [1.82, 2.24) is 20.3 Å². The van der Waals surface area contributed by atoms with Gasteiger partial charge in [-0.3, -0.25) is 4.79 Å². The molecule has 12 heteroatoms. The second-order valence-electron chi connectivity index (χ2n) is 8.79. The fourth-order valence-electron chi connectivity index (χ4n) is 4.11. The lowest BCUT2D eigenvalue weighted by Crippen LogP contribution is -2.45. The van der Waals surface area contributed by atoms with Gasteiger partial charge in [0.2, 0.25) is 5.91 Å². The lowest BCUT2D eigenvalue weighted by Gasteiger charge is -2.20. The summed E-state index contributed by atoms with van der Waals surface area (Å²) in [5.41, 5.74) is -0.0680. The molecule has 5 rings (SSSR count). The van der Waals surface area contributed by atoms with E-state index in [9.17, 15) is 4.79 Å². The molecule has 1 amide bonds. The smallest absolute Gasteiger partial charge is 0.243 e. The average Bonchev–Trinajstić information content (AvgIpc) is 3.62. The van der Waals surface area contributed by atoms with Crippen molar-refractivity contribution in [3.8, 4) is 22.9 Å². The van der Waals surface area contributed by atoms with Crippen LogP contribution in [-0.2, 0) is 9.53 Å². The van der Waals surface area contributed by atoms with Crippen LogP contribution in [0, 0.1) is 11.6 Å². The van der Waals surface area contributed by atoms with Crippen LogP contribution < -0.4 is 25.4 Å². The highest BCUT2D eigenvalue weighted by molar-refractivity contribution is 5.92. The molecule has 0 bridgehead atoms. The number of ether oxygens (including phenoxy) is 3. The van der Waals surface area contributed by atoms with E-state index in [0.717, 1.165) is 18.9 Å². The van der Waals surface area contributed by atoms with Crippen molar-refractivity contribution in [2.45, 2.75) is 31.0 Å². The summed E-state index contributed by atoms with van der Waals surface area (Å²) in [5.74, 6) is -1.77. The number of aromatic nitrogens is 3. The molecule has 10 nitrogen and oxygen atoms in total. The summed E-state index contributed by atoms with van der Waals surface area (Å²) >= 11 is 0. The lowest BCUT2D eigenvalue weighted by molar-refractivity contribution is -0.117. The Balaban J connectivity index is 1.54. The lowest BCUT2D eigenvalue weighted by atomic mass is 10.1. The summed E-state index contributed by atoms with van der Waals surface area (Å²) in [6.45, 7) is 4.21. The molecule has 1 aromatic carbocycles. The maximum absolute atomic E-state index is 15.2. The van der Waals surface area contributed by atoms with Gasteiger partial charge in [-0.2, -0.15) is 0 Å². The van der Waals surface area contributed by atoms with Crippen LogP contribution in [0.25, 0.3) is 22.3 Å². The molecule has 2 atom stereocenters. The fraction of sp³-hybridized carbons (Fsp3) is 0.360. The van der Waals surface area contributed by atoms with Gasteiger partial charge in [0.15, 0.2) is 29.0 Å². The Morgan fingerprint density at radius 3 is 2.43 bits per heavy atom. The Morgan fingerprint density at radius 1 is 1.08 bits per heavy atom. The van der Waals surface area contributed by atoms with Crippen LogP contribution in [0.5, 0.6) is 11.5 Å². The SMILES string of the molecule is C=CC(=O)N[C@H]1COC[C@H]1Nc1cc2c(NC3CC3)nc(-c3c(F)c(OC)cc(OC)c3F)nc2cn1. The molecule has 3 heterocycles. The normalized spacial score (nSPS) is 18.9. The Labute approximate surface area is 211 Å². The van der Waals surface area contributed by atoms with Gasteiger partial charge < -0.3 is 30.2 Å². The first-order chi connectivity index (χ1) is 17.9. The van der Waals surface area contributed by atoms with E-state index in [-0.39, 0.29) is 41.4 Å². The molecule has 0 unspecified atom stereocenters. The summed E-state index contributed by atoms with van der Waals surface area (Å²) < 4.78 is 46.0. The van der Waals surface area contributed by atoms with Crippen molar-refractivity contribution in [3.05, 3.63) is 42.6 Å². The van der Waals surface area contributed by atoms with Crippen LogP contribution in [0.4, 0.5) is 20.4 Å². The second-order valence-corrected chi connectivity index (χ2v) is 8.79. The van der Waals surface area contributed by atoms with Gasteiger partial charge in [-0.25, -0.2) is 23.7 Å². The van der Waals surface area contributed by atoms with Crippen LogP contribution >= 0.6 is 0 Å². The van der Waals surface area contributed by atoms with E-state index < -0.39 is 17.2 Å². The number of pyridine rings is 1. The summed E-state index contributed by atoms with van der Waals surface area (Å²) in [4.78, 5) is 25.1. The number of fused-ring (bicyclic) bond motifs is 1. The van der Waals surface area contributed by atoms with Gasteiger partial charge in [0, 0.05) is 17.5 Å². The predicted octanol–water partition coefficient (Wildman–Crippen LogP) is 3.04. The number of carbonyl (C=O) groups is 1. The van der Waals surface area contributed by atoms with E-state index in [1.54, 1.807) is 6.07 Å². The van der Waals surface area contributed by atoms with Crippen LogP contribution in [0.1, 0.15) is 12.8 Å². The zero-order valence-corrected chi connectivity index (χ0v) is 20.3. The largest absolute Gasteiger partial charge is 0.494 e. The molecule has 3 aromatic rings. The van der Waals surface area contributed by atoms with Crippen molar-refractivity contribution >= 4 is 28.4 Å². The zero-order chi connectivity index (χ0) is 26.1. The molecule has 0 radical (unpaired) electrons. The number of amides is 1. The molecule has 3 N–H and O–H groups in total. The number of halogens is 2. The van der Waals surface area contributed by atoms with Gasteiger partial charge in [0.05, 0.1) is 56.8 Å². The highest BCUT2D eigenvalue weighted by Crippen LogP contribution is 2.38. The summed E-state index contributed by atoms with van der Waals surface area (Å²) in [7, 11) is 2.56. The third kappa shape index (κ3) is 4.96. The molecular weight excluding hydrogens is 486 g/mol. The number of rotatable bonds is 9. The third-order valence-electron chi connectivity index (χ3n) is 6.22. The molecule has 2 aliphatic rings. The Hall–Kier alpha value is -4.06. The van der Waals surface area contributed by atoms with Gasteiger partial charge in [0.1, 0.15) is 11.6 Å². The Kier molecular flexibility index (Phi) is 6.74. The third-order valence-corrected chi connectivity index (χ3v) is 6.22. The maximum atomic E-state index is 15.2.